The Bertz CT molecular complexity index is 675. The van der Waals surface area contributed by atoms with Crippen molar-refractivity contribution in [2.24, 2.45) is 0 Å². The number of hydrogen-bond acceptors (Lipinski definition) is 2. The van der Waals surface area contributed by atoms with E-state index < -0.39 is 0 Å². The number of urea groups is 1. The Morgan fingerprint density at radius 2 is 1.95 bits per heavy atom. The van der Waals surface area contributed by atoms with Gasteiger partial charge < -0.3 is 15.4 Å². The van der Waals surface area contributed by atoms with Gasteiger partial charge in [-0.2, -0.15) is 0 Å². The van der Waals surface area contributed by atoms with Gasteiger partial charge in [0.1, 0.15) is 12.4 Å². The highest BCUT2D eigenvalue weighted by Crippen LogP contribution is 2.23. The van der Waals surface area contributed by atoms with E-state index in [2.05, 4.69) is 10.6 Å². The molecule has 2 N–H and O–H groups in total. The molecular weight excluding hydrogens is 300 g/mol. The molecule has 5 heteroatoms. The van der Waals surface area contributed by atoms with E-state index in [1.807, 2.05) is 48.5 Å². The summed E-state index contributed by atoms with van der Waals surface area (Å²) in [6, 6.07) is 15.1. The zero-order valence-electron chi connectivity index (χ0n) is 12.0. The van der Waals surface area contributed by atoms with Crippen LogP contribution in [-0.4, -0.2) is 18.7 Å². The van der Waals surface area contributed by atoms with Gasteiger partial charge in [0.25, 0.3) is 0 Å². The van der Waals surface area contributed by atoms with Gasteiger partial charge >= 0.3 is 6.03 Å². The third kappa shape index (κ3) is 3.52. The van der Waals surface area contributed by atoms with Gasteiger partial charge in [0.2, 0.25) is 0 Å². The molecule has 0 fully saturated rings. The molecule has 1 aliphatic heterocycles. The second-order valence-electron chi connectivity index (χ2n) is 5.24. The molecule has 0 aromatic heterocycles. The monoisotopic (exact) mass is 316 g/mol. The average Bonchev–Trinajstić information content (AvgIpc) is 2.54. The van der Waals surface area contributed by atoms with Crippen molar-refractivity contribution in [1.82, 2.24) is 10.6 Å². The molecule has 1 heterocycles. The zero-order valence-corrected chi connectivity index (χ0v) is 12.8. The van der Waals surface area contributed by atoms with Crippen LogP contribution in [0.25, 0.3) is 0 Å². The van der Waals surface area contributed by atoms with Crippen molar-refractivity contribution in [1.29, 1.82) is 0 Å². The molecule has 0 unspecified atom stereocenters. The van der Waals surface area contributed by atoms with Crippen LogP contribution < -0.4 is 15.4 Å². The van der Waals surface area contributed by atoms with Gasteiger partial charge in [-0.05, 0) is 29.7 Å². The van der Waals surface area contributed by atoms with Gasteiger partial charge in [0.05, 0.1) is 6.04 Å². The van der Waals surface area contributed by atoms with E-state index in [4.69, 9.17) is 16.3 Å². The zero-order chi connectivity index (χ0) is 15.4. The highest BCUT2D eigenvalue weighted by Gasteiger charge is 2.20. The van der Waals surface area contributed by atoms with Crippen molar-refractivity contribution >= 4 is 17.6 Å². The Morgan fingerprint density at radius 3 is 2.82 bits per heavy atom. The molecule has 0 spiro atoms. The fourth-order valence-electron chi connectivity index (χ4n) is 2.47. The Balaban J connectivity index is 1.52. The fraction of sp³-hybridized carbons (Fsp3) is 0.235. The molecule has 22 heavy (non-hydrogen) atoms. The molecule has 4 nitrogen and oxygen atoms in total. The first kappa shape index (κ1) is 14.7. The number of nitrogens with one attached hydrogen (secondary N) is 2. The van der Waals surface area contributed by atoms with Crippen molar-refractivity contribution in [3.8, 4) is 5.75 Å². The molecule has 2 aromatic carbocycles. The quantitative estimate of drug-likeness (QED) is 0.914. The molecule has 0 aliphatic carbocycles. The number of halogens is 1. The molecule has 0 bridgehead atoms. The van der Waals surface area contributed by atoms with Crippen LogP contribution in [0.5, 0.6) is 5.75 Å². The lowest BCUT2D eigenvalue weighted by molar-refractivity contribution is 0.214. The largest absolute Gasteiger partial charge is 0.491 e. The summed E-state index contributed by atoms with van der Waals surface area (Å²) < 4.78 is 5.66. The Hall–Kier alpha value is -2.20. The van der Waals surface area contributed by atoms with Gasteiger partial charge in [-0.25, -0.2) is 4.79 Å². The summed E-state index contributed by atoms with van der Waals surface area (Å²) in [5.74, 6) is 0.900. The molecule has 114 valence electrons. The highest BCUT2D eigenvalue weighted by atomic mass is 35.5. The molecule has 0 saturated heterocycles. The van der Waals surface area contributed by atoms with E-state index in [-0.39, 0.29) is 12.1 Å². The lowest BCUT2D eigenvalue weighted by Crippen LogP contribution is -2.47. The number of para-hydroxylation sites is 1. The highest BCUT2D eigenvalue weighted by molar-refractivity contribution is 6.31. The van der Waals surface area contributed by atoms with Crippen LogP contribution >= 0.6 is 11.6 Å². The van der Waals surface area contributed by atoms with Crippen LogP contribution in [0, 0.1) is 0 Å². The third-order valence-electron chi connectivity index (χ3n) is 3.61. The second-order valence-corrected chi connectivity index (χ2v) is 5.65. The summed E-state index contributed by atoms with van der Waals surface area (Å²) in [7, 11) is 0. The molecule has 1 aliphatic rings. The maximum absolute atomic E-state index is 12.0. The molecule has 2 amide bonds. The third-order valence-corrected chi connectivity index (χ3v) is 3.98. The molecule has 2 aromatic rings. The van der Waals surface area contributed by atoms with Gasteiger partial charge in [-0.15, -0.1) is 0 Å². The number of ether oxygens (including phenoxy) is 1. The van der Waals surface area contributed by atoms with Gasteiger partial charge in [-0.3, -0.25) is 0 Å². The SMILES string of the molecule is O=C(NCc1ccccc1Cl)N[C@@H]1COc2ccccc2C1. The first-order valence-electron chi connectivity index (χ1n) is 7.21. The van der Waals surface area contributed by atoms with E-state index in [1.165, 1.54) is 0 Å². The van der Waals surface area contributed by atoms with Crippen LogP contribution in [0.4, 0.5) is 4.79 Å². The predicted octanol–water partition coefficient (Wildman–Crippen LogP) is 3.14. The fourth-order valence-corrected chi connectivity index (χ4v) is 2.68. The summed E-state index contributed by atoms with van der Waals surface area (Å²) in [4.78, 5) is 12.0. The Kier molecular flexibility index (Phi) is 4.49. The van der Waals surface area contributed by atoms with Gasteiger partial charge in [0, 0.05) is 11.6 Å². The summed E-state index contributed by atoms with van der Waals surface area (Å²) in [5.41, 5.74) is 2.01. The summed E-state index contributed by atoms with van der Waals surface area (Å²) in [5, 5.41) is 6.40. The summed E-state index contributed by atoms with van der Waals surface area (Å²) >= 11 is 6.06. The van der Waals surface area contributed by atoms with Crippen molar-refractivity contribution in [2.45, 2.75) is 19.0 Å². The lowest BCUT2D eigenvalue weighted by Gasteiger charge is -2.26. The first-order chi connectivity index (χ1) is 10.7. The maximum Gasteiger partial charge on any atom is 0.315 e. The number of amides is 2. The average molecular weight is 317 g/mol. The number of hydrogen-bond donors (Lipinski definition) is 2. The molecular formula is C17H17ClN2O2. The molecule has 0 radical (unpaired) electrons. The smallest absolute Gasteiger partial charge is 0.315 e. The van der Waals surface area contributed by atoms with Crippen LogP contribution in [0.15, 0.2) is 48.5 Å². The number of benzene rings is 2. The van der Waals surface area contributed by atoms with E-state index in [9.17, 15) is 4.79 Å². The van der Waals surface area contributed by atoms with Crippen LogP contribution in [0.3, 0.4) is 0 Å². The van der Waals surface area contributed by atoms with E-state index in [0.29, 0.717) is 18.2 Å². The predicted molar refractivity (Wildman–Crippen MR) is 86.3 cm³/mol. The minimum atomic E-state index is -0.215. The van der Waals surface area contributed by atoms with E-state index in [1.54, 1.807) is 0 Å². The van der Waals surface area contributed by atoms with Crippen LogP contribution in [-0.2, 0) is 13.0 Å². The van der Waals surface area contributed by atoms with Gasteiger partial charge in [0.15, 0.2) is 0 Å². The second kappa shape index (κ2) is 6.71. The summed E-state index contributed by atoms with van der Waals surface area (Å²) in [6.45, 7) is 0.881. The van der Waals surface area contributed by atoms with E-state index >= 15 is 0 Å². The number of rotatable bonds is 3. The van der Waals surface area contributed by atoms with E-state index in [0.717, 1.165) is 23.3 Å². The number of fused-ring (bicyclic) bond motifs is 1. The van der Waals surface area contributed by atoms with Gasteiger partial charge in [-0.1, -0.05) is 48.0 Å². The van der Waals surface area contributed by atoms with Crippen LogP contribution in [0.1, 0.15) is 11.1 Å². The standard InChI is InChI=1S/C17H17ClN2O2/c18-15-7-3-1-6-13(15)10-19-17(21)20-14-9-12-5-2-4-8-16(12)22-11-14/h1-8,14H,9-11H2,(H2,19,20,21)/t14-/m0/s1. The maximum atomic E-state index is 12.0. The lowest BCUT2D eigenvalue weighted by atomic mass is 10.0. The normalized spacial score (nSPS) is 16.3. The van der Waals surface area contributed by atoms with Crippen molar-refractivity contribution in [2.75, 3.05) is 6.61 Å². The summed E-state index contributed by atoms with van der Waals surface area (Å²) in [6.07, 6.45) is 0.773. The molecule has 3 rings (SSSR count). The van der Waals surface area contributed by atoms with Crippen LogP contribution in [0.2, 0.25) is 5.02 Å². The molecule has 1 atom stereocenters. The van der Waals surface area contributed by atoms with Crippen molar-refractivity contribution < 1.29 is 9.53 Å². The van der Waals surface area contributed by atoms with Crippen molar-refractivity contribution in [3.63, 3.8) is 0 Å². The molecule has 0 saturated carbocycles. The minimum Gasteiger partial charge on any atom is -0.491 e. The number of carbonyl (C=O) groups excluding carboxylic acids is 1. The topological polar surface area (TPSA) is 50.4 Å². The number of carbonyl (C=O) groups is 1. The van der Waals surface area contributed by atoms with Crippen molar-refractivity contribution in [3.05, 3.63) is 64.7 Å². The minimum absolute atomic E-state index is 0.0267. The Labute approximate surface area is 134 Å². The first-order valence-corrected chi connectivity index (χ1v) is 7.58. The Morgan fingerprint density at radius 1 is 1.18 bits per heavy atom.